The van der Waals surface area contributed by atoms with Crippen LogP contribution in [0.25, 0.3) is 0 Å². The molecule has 0 aromatic rings. The van der Waals surface area contributed by atoms with Gasteiger partial charge in [-0.3, -0.25) is 0 Å². The molecule has 0 aliphatic rings. The number of methoxy groups -OCH3 is 1. The predicted octanol–water partition coefficient (Wildman–Crippen LogP) is 3.63. The molecule has 0 rings (SSSR count). The lowest BCUT2D eigenvalue weighted by Crippen LogP contribution is -2.26. The third kappa shape index (κ3) is 4.76. The Kier molecular flexibility index (Phi) is 5.56. The normalized spacial score (nSPS) is 14.8. The number of hydrogen-bond donors (Lipinski definition) is 0. The minimum Gasteiger partial charge on any atom is -0.379 e. The summed E-state index contributed by atoms with van der Waals surface area (Å²) in [7, 11) is 1.80. The SMILES string of the molecule is CCCC(CC)CC(C)(C)OC. The van der Waals surface area contributed by atoms with Gasteiger partial charge < -0.3 is 4.74 Å². The summed E-state index contributed by atoms with van der Waals surface area (Å²) in [6.45, 7) is 8.87. The number of ether oxygens (including phenoxy) is 1. The molecule has 74 valence electrons. The summed E-state index contributed by atoms with van der Waals surface area (Å²) < 4.78 is 5.42. The molecule has 0 aromatic carbocycles. The molecule has 0 radical (unpaired) electrons. The lowest BCUT2D eigenvalue weighted by molar-refractivity contribution is 0.000457. The van der Waals surface area contributed by atoms with E-state index >= 15 is 0 Å². The maximum atomic E-state index is 5.42. The standard InChI is InChI=1S/C11H24O/c1-6-8-10(7-2)9-11(3,4)12-5/h10H,6-9H2,1-5H3. The van der Waals surface area contributed by atoms with Gasteiger partial charge in [0.15, 0.2) is 0 Å². The maximum absolute atomic E-state index is 5.42. The van der Waals surface area contributed by atoms with Gasteiger partial charge >= 0.3 is 0 Å². The number of hydrogen-bond acceptors (Lipinski definition) is 1. The summed E-state index contributed by atoms with van der Waals surface area (Å²) in [5.74, 6) is 0.838. The average molecular weight is 172 g/mol. The van der Waals surface area contributed by atoms with Crippen molar-refractivity contribution in [1.82, 2.24) is 0 Å². The zero-order chi connectivity index (χ0) is 9.61. The van der Waals surface area contributed by atoms with E-state index in [9.17, 15) is 0 Å². The Morgan fingerprint density at radius 2 is 1.83 bits per heavy atom. The van der Waals surface area contributed by atoms with Crippen molar-refractivity contribution in [2.75, 3.05) is 7.11 Å². The molecule has 0 aliphatic heterocycles. The lowest BCUT2D eigenvalue weighted by Gasteiger charge is -2.27. The Bertz CT molecular complexity index is 108. The number of rotatable bonds is 6. The highest BCUT2D eigenvalue weighted by Crippen LogP contribution is 2.25. The van der Waals surface area contributed by atoms with Crippen LogP contribution >= 0.6 is 0 Å². The van der Waals surface area contributed by atoms with Gasteiger partial charge in [-0.05, 0) is 26.2 Å². The van der Waals surface area contributed by atoms with Gasteiger partial charge in [0.1, 0.15) is 0 Å². The Morgan fingerprint density at radius 3 is 2.17 bits per heavy atom. The van der Waals surface area contributed by atoms with Crippen LogP contribution < -0.4 is 0 Å². The van der Waals surface area contributed by atoms with Gasteiger partial charge in [-0.25, -0.2) is 0 Å². The van der Waals surface area contributed by atoms with E-state index in [4.69, 9.17) is 4.74 Å². The molecule has 0 amide bonds. The van der Waals surface area contributed by atoms with Crippen molar-refractivity contribution in [1.29, 1.82) is 0 Å². The van der Waals surface area contributed by atoms with Crippen LogP contribution in [0.5, 0.6) is 0 Å². The highest BCUT2D eigenvalue weighted by atomic mass is 16.5. The van der Waals surface area contributed by atoms with E-state index in [1.807, 2.05) is 0 Å². The van der Waals surface area contributed by atoms with Gasteiger partial charge in [-0.15, -0.1) is 0 Å². The van der Waals surface area contributed by atoms with E-state index in [2.05, 4.69) is 27.7 Å². The first-order valence-electron chi connectivity index (χ1n) is 5.10. The van der Waals surface area contributed by atoms with Crippen LogP contribution in [-0.4, -0.2) is 12.7 Å². The minimum absolute atomic E-state index is 0.0653. The molecule has 0 aliphatic carbocycles. The highest BCUT2D eigenvalue weighted by Gasteiger charge is 2.20. The summed E-state index contributed by atoms with van der Waals surface area (Å²) in [4.78, 5) is 0. The molecule has 1 unspecified atom stereocenters. The Hall–Kier alpha value is -0.0400. The molecule has 0 fully saturated rings. The second-order valence-electron chi connectivity index (χ2n) is 4.23. The van der Waals surface area contributed by atoms with Crippen LogP contribution in [0, 0.1) is 5.92 Å². The highest BCUT2D eigenvalue weighted by molar-refractivity contribution is 4.72. The molecular weight excluding hydrogens is 148 g/mol. The van der Waals surface area contributed by atoms with E-state index < -0.39 is 0 Å². The van der Waals surface area contributed by atoms with Crippen LogP contribution in [0.2, 0.25) is 0 Å². The van der Waals surface area contributed by atoms with Crippen molar-refractivity contribution < 1.29 is 4.74 Å². The maximum Gasteiger partial charge on any atom is 0.0625 e. The third-order valence-electron chi connectivity index (χ3n) is 2.61. The van der Waals surface area contributed by atoms with Crippen molar-refractivity contribution in [2.45, 2.75) is 59.0 Å². The predicted molar refractivity (Wildman–Crippen MR) is 54.4 cm³/mol. The molecule has 1 heteroatoms. The van der Waals surface area contributed by atoms with Crippen molar-refractivity contribution in [3.8, 4) is 0 Å². The second-order valence-corrected chi connectivity index (χ2v) is 4.23. The van der Waals surface area contributed by atoms with Gasteiger partial charge in [0.25, 0.3) is 0 Å². The van der Waals surface area contributed by atoms with E-state index in [1.165, 1.54) is 25.7 Å². The van der Waals surface area contributed by atoms with Crippen molar-refractivity contribution in [3.63, 3.8) is 0 Å². The molecule has 0 saturated heterocycles. The fourth-order valence-electron chi connectivity index (χ4n) is 1.64. The molecule has 0 aromatic heterocycles. The summed E-state index contributed by atoms with van der Waals surface area (Å²) in [6, 6.07) is 0. The van der Waals surface area contributed by atoms with Crippen LogP contribution in [0.3, 0.4) is 0 Å². The molecule has 0 heterocycles. The minimum atomic E-state index is 0.0653. The second kappa shape index (κ2) is 5.58. The van der Waals surface area contributed by atoms with Gasteiger partial charge in [-0.2, -0.15) is 0 Å². The fourth-order valence-corrected chi connectivity index (χ4v) is 1.64. The van der Waals surface area contributed by atoms with Crippen LogP contribution in [0.1, 0.15) is 53.4 Å². The van der Waals surface area contributed by atoms with Gasteiger partial charge in [-0.1, -0.05) is 33.1 Å². The monoisotopic (exact) mass is 172 g/mol. The largest absolute Gasteiger partial charge is 0.379 e. The topological polar surface area (TPSA) is 9.23 Å². The van der Waals surface area contributed by atoms with Crippen molar-refractivity contribution in [2.24, 2.45) is 5.92 Å². The first kappa shape index (κ1) is 12.0. The molecular formula is C11H24O. The van der Waals surface area contributed by atoms with Gasteiger partial charge in [0.2, 0.25) is 0 Å². The summed E-state index contributed by atoms with van der Waals surface area (Å²) >= 11 is 0. The lowest BCUT2D eigenvalue weighted by atomic mass is 9.88. The summed E-state index contributed by atoms with van der Waals surface area (Å²) in [5.41, 5.74) is 0.0653. The van der Waals surface area contributed by atoms with E-state index in [0.29, 0.717) is 0 Å². The summed E-state index contributed by atoms with van der Waals surface area (Å²) in [5, 5.41) is 0. The Balaban J connectivity index is 3.83. The Morgan fingerprint density at radius 1 is 1.25 bits per heavy atom. The molecule has 1 atom stereocenters. The molecule has 1 nitrogen and oxygen atoms in total. The molecule has 0 N–H and O–H groups in total. The van der Waals surface area contributed by atoms with Crippen LogP contribution in [0.4, 0.5) is 0 Å². The zero-order valence-electron chi connectivity index (χ0n) is 9.31. The molecule has 0 saturated carbocycles. The summed E-state index contributed by atoms with van der Waals surface area (Å²) in [6.07, 6.45) is 5.09. The first-order chi connectivity index (χ1) is 5.55. The first-order valence-corrected chi connectivity index (χ1v) is 5.10. The van der Waals surface area contributed by atoms with Crippen molar-refractivity contribution >= 4 is 0 Å². The van der Waals surface area contributed by atoms with E-state index in [1.54, 1.807) is 7.11 Å². The quantitative estimate of drug-likeness (QED) is 0.594. The van der Waals surface area contributed by atoms with Gasteiger partial charge in [0, 0.05) is 7.11 Å². The zero-order valence-corrected chi connectivity index (χ0v) is 9.31. The van der Waals surface area contributed by atoms with Crippen LogP contribution in [0.15, 0.2) is 0 Å². The third-order valence-corrected chi connectivity index (χ3v) is 2.61. The van der Waals surface area contributed by atoms with E-state index in [0.717, 1.165) is 5.92 Å². The van der Waals surface area contributed by atoms with Crippen molar-refractivity contribution in [3.05, 3.63) is 0 Å². The fraction of sp³-hybridized carbons (Fsp3) is 1.00. The average Bonchev–Trinajstić information content (AvgIpc) is 2.03. The Labute approximate surface area is 77.5 Å². The smallest absolute Gasteiger partial charge is 0.0625 e. The molecule has 0 bridgehead atoms. The molecule has 0 spiro atoms. The van der Waals surface area contributed by atoms with E-state index in [-0.39, 0.29) is 5.60 Å². The van der Waals surface area contributed by atoms with Crippen LogP contribution in [-0.2, 0) is 4.74 Å². The van der Waals surface area contributed by atoms with Gasteiger partial charge in [0.05, 0.1) is 5.60 Å². The molecule has 12 heavy (non-hydrogen) atoms.